The van der Waals surface area contributed by atoms with Crippen molar-refractivity contribution < 1.29 is 9.18 Å². The van der Waals surface area contributed by atoms with E-state index in [2.05, 4.69) is 41.5 Å². The molecule has 9 nitrogen and oxygen atoms in total. The number of imidazole rings is 1. The molecule has 11 heteroatoms. The zero-order chi connectivity index (χ0) is 26.6. The van der Waals surface area contributed by atoms with Gasteiger partial charge in [0, 0.05) is 38.7 Å². The van der Waals surface area contributed by atoms with Crippen molar-refractivity contribution in [3.8, 4) is 33.2 Å². The Bertz CT molecular complexity index is 1850. The highest BCUT2D eigenvalue weighted by molar-refractivity contribution is 7.15. The molecule has 1 amide bonds. The lowest BCUT2D eigenvalue weighted by Crippen LogP contribution is -2.27. The van der Waals surface area contributed by atoms with Crippen LogP contribution >= 0.6 is 11.3 Å². The number of carbonyl (C=O) groups is 1. The number of amides is 1. The molecule has 38 heavy (non-hydrogen) atoms. The third kappa shape index (κ3) is 4.10. The third-order valence-corrected chi connectivity index (χ3v) is 7.15. The number of H-pyrrole nitrogens is 2. The van der Waals surface area contributed by atoms with Gasteiger partial charge in [0.15, 0.2) is 11.6 Å². The van der Waals surface area contributed by atoms with Crippen molar-refractivity contribution in [2.75, 3.05) is 5.32 Å². The molecule has 190 valence electrons. The molecule has 0 unspecified atom stereocenters. The van der Waals surface area contributed by atoms with E-state index >= 15 is 4.39 Å². The van der Waals surface area contributed by atoms with Gasteiger partial charge in [-0.05, 0) is 25.1 Å². The van der Waals surface area contributed by atoms with Gasteiger partial charge in [-0.1, -0.05) is 20.8 Å². The SMILES string of the molecule is Cc1ccc(-c2cncc3[nH]c(-c4n[nH]c5cnc(-c6cncc(NC(=O)C(C)(C)C)c6)c(F)c45)nc23)s1. The number of halogens is 1. The topological polar surface area (TPSA) is 125 Å². The number of nitrogens with zero attached hydrogens (tertiary/aromatic N) is 5. The average Bonchev–Trinajstić information content (AvgIpc) is 3.61. The van der Waals surface area contributed by atoms with E-state index in [-0.39, 0.29) is 17.0 Å². The van der Waals surface area contributed by atoms with Crippen LogP contribution in [0.1, 0.15) is 25.6 Å². The van der Waals surface area contributed by atoms with Gasteiger partial charge in [0.05, 0.1) is 40.7 Å². The largest absolute Gasteiger partial charge is 0.335 e. The minimum absolute atomic E-state index is 0.0898. The lowest BCUT2D eigenvalue weighted by Gasteiger charge is -2.17. The van der Waals surface area contributed by atoms with Gasteiger partial charge in [0.25, 0.3) is 0 Å². The van der Waals surface area contributed by atoms with Crippen LogP contribution in [0.4, 0.5) is 10.1 Å². The number of hydrogen-bond donors (Lipinski definition) is 3. The van der Waals surface area contributed by atoms with E-state index in [1.54, 1.807) is 29.8 Å². The van der Waals surface area contributed by atoms with Crippen LogP contribution in [0, 0.1) is 18.2 Å². The van der Waals surface area contributed by atoms with Gasteiger partial charge in [-0.15, -0.1) is 11.3 Å². The van der Waals surface area contributed by atoms with E-state index in [1.807, 2.05) is 33.8 Å². The smallest absolute Gasteiger partial charge is 0.229 e. The Morgan fingerprint density at radius 3 is 2.61 bits per heavy atom. The third-order valence-electron chi connectivity index (χ3n) is 6.12. The van der Waals surface area contributed by atoms with Crippen LogP contribution in [0.2, 0.25) is 0 Å². The zero-order valence-corrected chi connectivity index (χ0v) is 21.9. The Labute approximate surface area is 220 Å². The highest BCUT2D eigenvalue weighted by atomic mass is 32.1. The summed E-state index contributed by atoms with van der Waals surface area (Å²) in [6, 6.07) is 5.74. The molecule has 0 saturated heterocycles. The first-order valence-electron chi connectivity index (χ1n) is 11.9. The molecule has 0 aliphatic rings. The second kappa shape index (κ2) is 8.80. The Hall–Kier alpha value is -4.51. The van der Waals surface area contributed by atoms with E-state index in [0.29, 0.717) is 28.3 Å². The van der Waals surface area contributed by atoms with Crippen molar-refractivity contribution in [2.45, 2.75) is 27.7 Å². The summed E-state index contributed by atoms with van der Waals surface area (Å²) in [6.07, 6.45) is 8.02. The van der Waals surface area contributed by atoms with E-state index < -0.39 is 11.2 Å². The molecule has 0 aliphatic carbocycles. The molecule has 0 aromatic carbocycles. The maximum atomic E-state index is 16.0. The maximum Gasteiger partial charge on any atom is 0.229 e. The first-order valence-corrected chi connectivity index (χ1v) is 12.7. The van der Waals surface area contributed by atoms with Crippen LogP contribution in [0.5, 0.6) is 0 Å². The molecule has 6 aromatic heterocycles. The number of aromatic nitrogens is 7. The lowest BCUT2D eigenvalue weighted by atomic mass is 9.95. The Kier molecular flexibility index (Phi) is 5.53. The Morgan fingerprint density at radius 1 is 1.03 bits per heavy atom. The van der Waals surface area contributed by atoms with Gasteiger partial charge in [0.2, 0.25) is 5.91 Å². The first kappa shape index (κ1) is 23.9. The van der Waals surface area contributed by atoms with Crippen LogP contribution in [-0.4, -0.2) is 41.0 Å². The molecule has 0 aliphatic heterocycles. The quantitative estimate of drug-likeness (QED) is 0.254. The fourth-order valence-corrected chi connectivity index (χ4v) is 4.99. The first-order chi connectivity index (χ1) is 18.2. The fourth-order valence-electron chi connectivity index (χ4n) is 4.11. The number of pyridine rings is 3. The summed E-state index contributed by atoms with van der Waals surface area (Å²) in [5.74, 6) is -0.330. The highest BCUT2D eigenvalue weighted by Crippen LogP contribution is 2.36. The number of nitrogens with one attached hydrogen (secondary N) is 3. The summed E-state index contributed by atoms with van der Waals surface area (Å²) in [5, 5.41) is 10.3. The fraction of sp³-hybridized carbons (Fsp3) is 0.185. The molecule has 0 saturated carbocycles. The summed E-state index contributed by atoms with van der Waals surface area (Å²) in [5.41, 5.74) is 3.49. The maximum absolute atomic E-state index is 16.0. The number of fused-ring (bicyclic) bond motifs is 2. The Morgan fingerprint density at radius 2 is 1.84 bits per heavy atom. The van der Waals surface area contributed by atoms with Crippen molar-refractivity contribution in [1.82, 2.24) is 35.1 Å². The van der Waals surface area contributed by atoms with E-state index in [0.717, 1.165) is 21.5 Å². The predicted molar refractivity (Wildman–Crippen MR) is 146 cm³/mol. The lowest BCUT2D eigenvalue weighted by molar-refractivity contribution is -0.123. The number of hydrogen-bond acceptors (Lipinski definition) is 7. The molecule has 6 rings (SSSR count). The number of anilines is 1. The van der Waals surface area contributed by atoms with Crippen molar-refractivity contribution in [3.63, 3.8) is 0 Å². The number of thiophene rings is 1. The molecular weight excluding hydrogens is 503 g/mol. The number of carbonyl (C=O) groups excluding carboxylic acids is 1. The summed E-state index contributed by atoms with van der Waals surface area (Å²) in [6.45, 7) is 7.49. The van der Waals surface area contributed by atoms with Crippen molar-refractivity contribution in [3.05, 3.63) is 59.9 Å². The van der Waals surface area contributed by atoms with Gasteiger partial charge < -0.3 is 10.3 Å². The van der Waals surface area contributed by atoms with Gasteiger partial charge in [0.1, 0.15) is 16.9 Å². The minimum atomic E-state index is -0.589. The molecule has 3 N–H and O–H groups in total. The van der Waals surface area contributed by atoms with Gasteiger partial charge in [-0.25, -0.2) is 9.37 Å². The number of aryl methyl sites for hydroxylation is 1. The minimum Gasteiger partial charge on any atom is -0.335 e. The van der Waals surface area contributed by atoms with Crippen LogP contribution in [0.3, 0.4) is 0 Å². The van der Waals surface area contributed by atoms with Crippen molar-refractivity contribution in [1.29, 1.82) is 0 Å². The van der Waals surface area contributed by atoms with E-state index in [9.17, 15) is 4.79 Å². The summed E-state index contributed by atoms with van der Waals surface area (Å²) in [7, 11) is 0. The average molecular weight is 527 g/mol. The molecule has 0 spiro atoms. The summed E-state index contributed by atoms with van der Waals surface area (Å²) < 4.78 is 16.0. The molecule has 0 fully saturated rings. The Balaban J connectivity index is 1.44. The molecule has 6 heterocycles. The second-order valence-electron chi connectivity index (χ2n) is 10.0. The van der Waals surface area contributed by atoms with Crippen molar-refractivity contribution in [2.24, 2.45) is 5.41 Å². The van der Waals surface area contributed by atoms with Crippen LogP contribution < -0.4 is 5.32 Å². The van der Waals surface area contributed by atoms with Crippen LogP contribution in [0.25, 0.3) is 55.2 Å². The molecule has 6 aromatic rings. The van der Waals surface area contributed by atoms with Gasteiger partial charge in [-0.2, -0.15) is 5.10 Å². The molecule has 0 atom stereocenters. The second-order valence-corrected chi connectivity index (χ2v) is 11.3. The predicted octanol–water partition coefficient (Wildman–Crippen LogP) is 6.12. The standard InChI is InChI=1S/C27H23FN8OS/c1-13-5-6-19(38-13)16-10-30-11-18-23(16)34-25(33-18)24-20-17(35-36-24)12-31-22(21(20)28)14-7-15(9-29-8-14)32-26(37)27(2,3)4/h5-12H,1-4H3,(H,32,37)(H,33,34)(H,35,36). The van der Waals surface area contributed by atoms with E-state index in [1.165, 1.54) is 23.5 Å². The van der Waals surface area contributed by atoms with Crippen molar-refractivity contribution >= 4 is 44.9 Å². The summed E-state index contributed by atoms with van der Waals surface area (Å²) in [4.78, 5) is 35.5. The normalized spacial score (nSPS) is 11.9. The number of aromatic amines is 2. The summed E-state index contributed by atoms with van der Waals surface area (Å²) >= 11 is 1.66. The van der Waals surface area contributed by atoms with Gasteiger partial charge in [-0.3, -0.25) is 24.8 Å². The molecule has 0 bridgehead atoms. The van der Waals surface area contributed by atoms with Crippen LogP contribution in [0.15, 0.2) is 49.2 Å². The monoisotopic (exact) mass is 526 g/mol. The zero-order valence-electron chi connectivity index (χ0n) is 21.0. The highest BCUT2D eigenvalue weighted by Gasteiger charge is 2.23. The number of rotatable bonds is 4. The van der Waals surface area contributed by atoms with E-state index in [4.69, 9.17) is 4.98 Å². The molecular formula is C27H23FN8OS. The van der Waals surface area contributed by atoms with Crippen LogP contribution in [-0.2, 0) is 4.79 Å². The van der Waals surface area contributed by atoms with Gasteiger partial charge >= 0.3 is 0 Å². The molecule has 0 radical (unpaired) electrons.